The van der Waals surface area contributed by atoms with Crippen molar-refractivity contribution in [2.24, 2.45) is 0 Å². The maximum atomic E-state index is 12.5. The molecular formula is C18H13N5O2S. The first-order valence-corrected chi connectivity index (χ1v) is 8.66. The van der Waals surface area contributed by atoms with Crippen molar-refractivity contribution in [2.45, 2.75) is 0 Å². The predicted octanol–water partition coefficient (Wildman–Crippen LogP) is 2.94. The first kappa shape index (κ1) is 16.0. The molecule has 0 atom stereocenters. The number of pyridine rings is 1. The number of H-pyrrole nitrogens is 1. The average molecular weight is 363 g/mol. The molecule has 1 aromatic carbocycles. The van der Waals surface area contributed by atoms with Gasteiger partial charge in [0.15, 0.2) is 5.82 Å². The summed E-state index contributed by atoms with van der Waals surface area (Å²) in [5, 5.41) is 8.83. The van der Waals surface area contributed by atoms with Crippen LogP contribution in [-0.4, -0.2) is 25.7 Å². The van der Waals surface area contributed by atoms with E-state index in [4.69, 9.17) is 0 Å². The van der Waals surface area contributed by atoms with Crippen LogP contribution >= 0.6 is 11.3 Å². The van der Waals surface area contributed by atoms with E-state index in [0.717, 1.165) is 10.6 Å². The molecule has 0 aliphatic carbocycles. The van der Waals surface area contributed by atoms with Gasteiger partial charge < -0.3 is 10.3 Å². The smallest absolute Gasteiger partial charge is 0.295 e. The molecule has 4 aromatic rings. The summed E-state index contributed by atoms with van der Waals surface area (Å²) in [5.74, 6) is 0.00742. The number of amides is 1. The molecule has 0 aliphatic heterocycles. The Morgan fingerprint density at radius 3 is 2.65 bits per heavy atom. The van der Waals surface area contributed by atoms with Crippen LogP contribution in [0.25, 0.3) is 16.4 Å². The minimum atomic E-state index is -0.547. The number of para-hydroxylation sites is 1. The maximum Gasteiger partial charge on any atom is 0.295 e. The molecule has 128 valence electrons. The van der Waals surface area contributed by atoms with E-state index in [1.165, 1.54) is 23.6 Å². The fraction of sp³-hybridized carbons (Fsp3) is 0. The van der Waals surface area contributed by atoms with E-state index in [0.29, 0.717) is 5.82 Å². The lowest BCUT2D eigenvalue weighted by molar-refractivity contribution is 0.101. The standard InChI is InChI=1S/C18H13N5O2S/c24-17-13(8-4-10-19-17)20-18(25)15-21-16(14-9-5-11-26-14)23(22-15)12-6-2-1-3-7-12/h1-11H,(H,19,24)(H,20,25). The highest BCUT2D eigenvalue weighted by atomic mass is 32.1. The Labute approximate surface area is 152 Å². The number of hydrogen-bond acceptors (Lipinski definition) is 5. The number of rotatable bonds is 4. The molecule has 0 spiro atoms. The number of thiophene rings is 1. The van der Waals surface area contributed by atoms with Crippen LogP contribution in [0.4, 0.5) is 5.69 Å². The van der Waals surface area contributed by atoms with Gasteiger partial charge in [0.2, 0.25) is 5.82 Å². The summed E-state index contributed by atoms with van der Waals surface area (Å²) in [7, 11) is 0. The zero-order chi connectivity index (χ0) is 17.9. The highest BCUT2D eigenvalue weighted by Gasteiger charge is 2.20. The van der Waals surface area contributed by atoms with Crippen LogP contribution in [0, 0.1) is 0 Å². The first-order chi connectivity index (χ1) is 12.7. The molecule has 0 unspecified atom stereocenters. The van der Waals surface area contributed by atoms with Crippen LogP contribution < -0.4 is 10.9 Å². The van der Waals surface area contributed by atoms with Gasteiger partial charge in [0.25, 0.3) is 11.5 Å². The molecule has 8 heteroatoms. The topological polar surface area (TPSA) is 92.7 Å². The van der Waals surface area contributed by atoms with E-state index in [1.54, 1.807) is 10.7 Å². The third kappa shape index (κ3) is 3.05. The lowest BCUT2D eigenvalue weighted by Crippen LogP contribution is -2.20. The number of nitrogens with zero attached hydrogens (tertiary/aromatic N) is 3. The molecule has 0 aliphatic rings. The van der Waals surface area contributed by atoms with E-state index in [-0.39, 0.29) is 17.1 Å². The zero-order valence-corrected chi connectivity index (χ0v) is 14.2. The van der Waals surface area contributed by atoms with E-state index in [1.807, 2.05) is 47.8 Å². The summed E-state index contributed by atoms with van der Waals surface area (Å²) in [6.45, 7) is 0. The Morgan fingerprint density at radius 1 is 1.08 bits per heavy atom. The molecular weight excluding hydrogens is 350 g/mol. The molecule has 0 radical (unpaired) electrons. The number of aromatic amines is 1. The fourth-order valence-electron chi connectivity index (χ4n) is 2.42. The molecule has 0 fully saturated rings. The van der Waals surface area contributed by atoms with Gasteiger partial charge in [0, 0.05) is 6.20 Å². The highest BCUT2D eigenvalue weighted by Crippen LogP contribution is 2.25. The van der Waals surface area contributed by atoms with E-state index in [9.17, 15) is 9.59 Å². The number of benzene rings is 1. The number of nitrogens with one attached hydrogen (secondary N) is 2. The van der Waals surface area contributed by atoms with Gasteiger partial charge in [0.1, 0.15) is 5.69 Å². The van der Waals surface area contributed by atoms with Crippen molar-refractivity contribution < 1.29 is 4.79 Å². The molecule has 1 amide bonds. The summed E-state index contributed by atoms with van der Waals surface area (Å²) in [6.07, 6.45) is 1.50. The van der Waals surface area contributed by atoms with Gasteiger partial charge in [-0.2, -0.15) is 0 Å². The molecule has 2 N–H and O–H groups in total. The van der Waals surface area contributed by atoms with Crippen molar-refractivity contribution in [2.75, 3.05) is 5.32 Å². The highest BCUT2D eigenvalue weighted by molar-refractivity contribution is 7.13. The van der Waals surface area contributed by atoms with Crippen molar-refractivity contribution >= 4 is 22.9 Å². The Balaban J connectivity index is 1.75. The second kappa shape index (κ2) is 6.77. The molecule has 3 heterocycles. The van der Waals surface area contributed by atoms with Crippen LogP contribution in [-0.2, 0) is 0 Å². The van der Waals surface area contributed by atoms with Gasteiger partial charge >= 0.3 is 0 Å². The average Bonchev–Trinajstić information content (AvgIpc) is 3.34. The zero-order valence-electron chi connectivity index (χ0n) is 13.4. The number of carbonyl (C=O) groups is 1. The maximum absolute atomic E-state index is 12.5. The Kier molecular flexibility index (Phi) is 4.16. The number of carbonyl (C=O) groups excluding carboxylic acids is 1. The summed E-state index contributed by atoms with van der Waals surface area (Å²) in [4.78, 5) is 32.1. The quantitative estimate of drug-likeness (QED) is 0.583. The normalized spacial score (nSPS) is 10.6. The Hall–Kier alpha value is -3.52. The monoisotopic (exact) mass is 363 g/mol. The third-order valence-electron chi connectivity index (χ3n) is 3.62. The van der Waals surface area contributed by atoms with Gasteiger partial charge in [-0.3, -0.25) is 9.59 Å². The Morgan fingerprint density at radius 2 is 1.92 bits per heavy atom. The fourth-order valence-corrected chi connectivity index (χ4v) is 3.12. The molecule has 26 heavy (non-hydrogen) atoms. The van der Waals surface area contributed by atoms with E-state index >= 15 is 0 Å². The minimum absolute atomic E-state index is 0.0134. The molecule has 4 rings (SSSR count). The van der Waals surface area contributed by atoms with Crippen molar-refractivity contribution in [1.82, 2.24) is 19.7 Å². The molecule has 0 saturated carbocycles. The van der Waals surface area contributed by atoms with Gasteiger partial charge in [-0.15, -0.1) is 16.4 Å². The van der Waals surface area contributed by atoms with Gasteiger partial charge in [-0.05, 0) is 35.7 Å². The lowest BCUT2D eigenvalue weighted by atomic mass is 10.3. The Bertz CT molecular complexity index is 1100. The van der Waals surface area contributed by atoms with E-state index in [2.05, 4.69) is 20.4 Å². The van der Waals surface area contributed by atoms with Crippen LogP contribution in [0.1, 0.15) is 10.6 Å². The van der Waals surface area contributed by atoms with Crippen molar-refractivity contribution in [1.29, 1.82) is 0 Å². The number of aromatic nitrogens is 4. The van der Waals surface area contributed by atoms with Crippen LogP contribution in [0.3, 0.4) is 0 Å². The molecule has 7 nitrogen and oxygen atoms in total. The molecule has 3 aromatic heterocycles. The summed E-state index contributed by atoms with van der Waals surface area (Å²) < 4.78 is 1.62. The SMILES string of the molecule is O=C(Nc1ccc[nH]c1=O)c1nc(-c2cccs2)n(-c2ccccc2)n1. The summed E-state index contributed by atoms with van der Waals surface area (Å²) >= 11 is 1.51. The van der Waals surface area contributed by atoms with E-state index < -0.39 is 5.91 Å². The lowest BCUT2D eigenvalue weighted by Gasteiger charge is -2.03. The van der Waals surface area contributed by atoms with Crippen LogP contribution in [0.2, 0.25) is 0 Å². The molecule has 0 bridgehead atoms. The minimum Gasteiger partial charge on any atom is -0.327 e. The molecule has 0 saturated heterocycles. The second-order valence-electron chi connectivity index (χ2n) is 5.35. The predicted molar refractivity (Wildman–Crippen MR) is 99.7 cm³/mol. The van der Waals surface area contributed by atoms with Gasteiger partial charge in [-0.1, -0.05) is 24.3 Å². The summed E-state index contributed by atoms with van der Waals surface area (Å²) in [5.41, 5.74) is 0.549. The second-order valence-corrected chi connectivity index (χ2v) is 6.30. The van der Waals surface area contributed by atoms with Crippen molar-refractivity contribution in [3.05, 3.63) is 82.4 Å². The number of anilines is 1. The van der Waals surface area contributed by atoms with Crippen molar-refractivity contribution in [3.63, 3.8) is 0 Å². The van der Waals surface area contributed by atoms with Crippen LogP contribution in [0.5, 0.6) is 0 Å². The number of hydrogen-bond donors (Lipinski definition) is 2. The first-order valence-electron chi connectivity index (χ1n) is 7.78. The van der Waals surface area contributed by atoms with Crippen molar-refractivity contribution in [3.8, 4) is 16.4 Å². The van der Waals surface area contributed by atoms with Gasteiger partial charge in [-0.25, -0.2) is 9.67 Å². The van der Waals surface area contributed by atoms with Crippen LogP contribution in [0.15, 0.2) is 71.0 Å². The summed E-state index contributed by atoms with van der Waals surface area (Å²) in [6, 6.07) is 16.4. The van der Waals surface area contributed by atoms with Gasteiger partial charge in [0.05, 0.1) is 10.6 Å². The third-order valence-corrected chi connectivity index (χ3v) is 4.48. The largest absolute Gasteiger partial charge is 0.327 e.